The standard InChI is InChI=1S/C22H32N4O2/c27-21(23-15-17-4-2-1-3-5-17)16-25-8-10-26(11-9-25)22(28)14-18-12-19-6-7-20(13-18)24-19/h1-5,18-20,24H,6-16H2,(H,23,27). The van der Waals surface area contributed by atoms with Gasteiger partial charge in [0.15, 0.2) is 0 Å². The molecule has 4 rings (SSSR count). The minimum Gasteiger partial charge on any atom is -0.351 e. The average molecular weight is 385 g/mol. The van der Waals surface area contributed by atoms with Crippen LogP contribution < -0.4 is 10.6 Å². The van der Waals surface area contributed by atoms with E-state index in [1.165, 1.54) is 12.8 Å². The summed E-state index contributed by atoms with van der Waals surface area (Å²) in [6.45, 7) is 4.01. The van der Waals surface area contributed by atoms with Crippen LogP contribution in [0.4, 0.5) is 0 Å². The second-order valence-electron chi connectivity index (χ2n) is 8.60. The minimum atomic E-state index is 0.0498. The van der Waals surface area contributed by atoms with Crippen molar-refractivity contribution in [2.45, 2.75) is 50.7 Å². The third kappa shape index (κ3) is 5.11. The van der Waals surface area contributed by atoms with Gasteiger partial charge in [-0.25, -0.2) is 0 Å². The van der Waals surface area contributed by atoms with Gasteiger partial charge in [0.2, 0.25) is 11.8 Å². The molecule has 6 nitrogen and oxygen atoms in total. The third-order valence-corrected chi connectivity index (χ3v) is 6.46. The molecule has 152 valence electrons. The van der Waals surface area contributed by atoms with Crippen molar-refractivity contribution in [3.63, 3.8) is 0 Å². The second-order valence-corrected chi connectivity index (χ2v) is 8.60. The molecule has 3 fully saturated rings. The zero-order chi connectivity index (χ0) is 19.3. The molecule has 3 saturated heterocycles. The number of piperazine rings is 1. The Hall–Kier alpha value is -1.92. The lowest BCUT2D eigenvalue weighted by molar-refractivity contribution is -0.134. The van der Waals surface area contributed by atoms with Gasteiger partial charge < -0.3 is 15.5 Å². The summed E-state index contributed by atoms with van der Waals surface area (Å²) in [7, 11) is 0. The maximum absolute atomic E-state index is 12.7. The molecule has 6 heteroatoms. The number of amides is 2. The average Bonchev–Trinajstić information content (AvgIpc) is 3.06. The quantitative estimate of drug-likeness (QED) is 0.778. The third-order valence-electron chi connectivity index (χ3n) is 6.46. The largest absolute Gasteiger partial charge is 0.351 e. The molecule has 28 heavy (non-hydrogen) atoms. The van der Waals surface area contributed by atoms with Crippen molar-refractivity contribution in [2.24, 2.45) is 5.92 Å². The van der Waals surface area contributed by atoms with Crippen LogP contribution in [0.25, 0.3) is 0 Å². The molecule has 3 aliphatic heterocycles. The van der Waals surface area contributed by atoms with E-state index in [9.17, 15) is 9.59 Å². The summed E-state index contributed by atoms with van der Waals surface area (Å²) in [6.07, 6.45) is 5.57. The zero-order valence-electron chi connectivity index (χ0n) is 16.6. The molecule has 0 spiro atoms. The van der Waals surface area contributed by atoms with Crippen molar-refractivity contribution in [1.29, 1.82) is 0 Å². The van der Waals surface area contributed by atoms with Crippen LogP contribution >= 0.6 is 0 Å². The van der Waals surface area contributed by atoms with Gasteiger partial charge in [0.05, 0.1) is 6.54 Å². The summed E-state index contributed by atoms with van der Waals surface area (Å²) in [5, 5.41) is 6.63. The zero-order valence-corrected chi connectivity index (χ0v) is 16.6. The van der Waals surface area contributed by atoms with Gasteiger partial charge in [0.25, 0.3) is 0 Å². The van der Waals surface area contributed by atoms with E-state index in [0.717, 1.165) is 44.6 Å². The van der Waals surface area contributed by atoms with Crippen molar-refractivity contribution in [2.75, 3.05) is 32.7 Å². The van der Waals surface area contributed by atoms with E-state index in [1.807, 2.05) is 35.2 Å². The van der Waals surface area contributed by atoms with Gasteiger partial charge in [-0.05, 0) is 37.2 Å². The first-order chi connectivity index (χ1) is 13.7. The van der Waals surface area contributed by atoms with Crippen LogP contribution in [0, 0.1) is 5.92 Å². The number of rotatable bonds is 6. The van der Waals surface area contributed by atoms with Crippen LogP contribution in [0.15, 0.2) is 30.3 Å². The smallest absolute Gasteiger partial charge is 0.234 e. The van der Waals surface area contributed by atoms with Crippen LogP contribution in [0.5, 0.6) is 0 Å². The molecule has 0 aliphatic carbocycles. The van der Waals surface area contributed by atoms with Crippen molar-refractivity contribution in [3.8, 4) is 0 Å². The normalized spacial score (nSPS) is 27.6. The highest BCUT2D eigenvalue weighted by Gasteiger charge is 2.35. The van der Waals surface area contributed by atoms with Crippen LogP contribution in [0.1, 0.15) is 37.7 Å². The fourth-order valence-electron chi connectivity index (χ4n) is 4.93. The van der Waals surface area contributed by atoms with Gasteiger partial charge in [-0.1, -0.05) is 30.3 Å². The number of piperidine rings is 1. The molecule has 0 radical (unpaired) electrons. The Labute approximate surface area is 167 Å². The van der Waals surface area contributed by atoms with Gasteiger partial charge >= 0.3 is 0 Å². The van der Waals surface area contributed by atoms with Crippen LogP contribution in [0.3, 0.4) is 0 Å². The molecule has 3 aliphatic rings. The predicted octanol–water partition coefficient (Wildman–Crippen LogP) is 1.37. The molecule has 2 N–H and O–H groups in total. The molecule has 0 saturated carbocycles. The number of benzene rings is 1. The first kappa shape index (κ1) is 19.4. The number of fused-ring (bicyclic) bond motifs is 2. The van der Waals surface area contributed by atoms with Crippen molar-refractivity contribution in [3.05, 3.63) is 35.9 Å². The van der Waals surface area contributed by atoms with E-state index in [4.69, 9.17) is 0 Å². The molecule has 0 aromatic heterocycles. The molecule has 1 aromatic carbocycles. The Morgan fingerprint density at radius 1 is 1.00 bits per heavy atom. The number of hydrogen-bond donors (Lipinski definition) is 2. The van der Waals surface area contributed by atoms with Crippen molar-refractivity contribution < 1.29 is 9.59 Å². The first-order valence-corrected chi connectivity index (χ1v) is 10.7. The lowest BCUT2D eigenvalue weighted by Crippen LogP contribution is -2.51. The van der Waals surface area contributed by atoms with E-state index in [1.54, 1.807) is 0 Å². The second kappa shape index (κ2) is 9.05. The van der Waals surface area contributed by atoms with Gasteiger partial charge in [-0.2, -0.15) is 0 Å². The highest BCUT2D eigenvalue weighted by Crippen LogP contribution is 2.33. The minimum absolute atomic E-state index is 0.0498. The van der Waals surface area contributed by atoms with Gasteiger partial charge in [0.1, 0.15) is 0 Å². The number of carbonyl (C=O) groups excluding carboxylic acids is 2. The molecule has 2 unspecified atom stereocenters. The summed E-state index contributed by atoms with van der Waals surface area (Å²) in [5.74, 6) is 0.904. The number of nitrogens with zero attached hydrogens (tertiary/aromatic N) is 2. The highest BCUT2D eigenvalue weighted by molar-refractivity contribution is 5.78. The van der Waals surface area contributed by atoms with E-state index in [2.05, 4.69) is 15.5 Å². The van der Waals surface area contributed by atoms with E-state index < -0.39 is 0 Å². The SMILES string of the molecule is O=C(CN1CCN(C(=O)CC2CC3CCC(C2)N3)CC1)NCc1ccccc1. The molecule has 3 heterocycles. The van der Waals surface area contributed by atoms with Gasteiger partial charge in [-0.3, -0.25) is 14.5 Å². The van der Waals surface area contributed by atoms with Gasteiger partial charge in [0, 0.05) is 51.2 Å². The number of nitrogens with one attached hydrogen (secondary N) is 2. The number of hydrogen-bond acceptors (Lipinski definition) is 4. The fraction of sp³-hybridized carbons (Fsp3) is 0.636. The molecule has 1 aromatic rings. The Morgan fingerprint density at radius 2 is 1.68 bits per heavy atom. The Morgan fingerprint density at radius 3 is 2.36 bits per heavy atom. The van der Waals surface area contributed by atoms with E-state index in [0.29, 0.717) is 43.4 Å². The summed E-state index contributed by atoms with van der Waals surface area (Å²) >= 11 is 0. The lowest BCUT2D eigenvalue weighted by Gasteiger charge is -2.36. The topological polar surface area (TPSA) is 64.7 Å². The van der Waals surface area contributed by atoms with E-state index in [-0.39, 0.29) is 5.91 Å². The summed E-state index contributed by atoms with van der Waals surface area (Å²) < 4.78 is 0. The van der Waals surface area contributed by atoms with Crippen molar-refractivity contribution >= 4 is 11.8 Å². The van der Waals surface area contributed by atoms with E-state index >= 15 is 0 Å². The summed E-state index contributed by atoms with van der Waals surface area (Å²) in [6, 6.07) is 11.2. The van der Waals surface area contributed by atoms with Crippen LogP contribution in [-0.2, 0) is 16.1 Å². The first-order valence-electron chi connectivity index (χ1n) is 10.7. The monoisotopic (exact) mass is 384 g/mol. The molecule has 2 atom stereocenters. The number of carbonyl (C=O) groups is 2. The summed E-state index contributed by atoms with van der Waals surface area (Å²) in [5.41, 5.74) is 1.11. The van der Waals surface area contributed by atoms with Crippen LogP contribution in [-0.4, -0.2) is 66.4 Å². The highest BCUT2D eigenvalue weighted by atomic mass is 16.2. The molecule has 2 amide bonds. The van der Waals surface area contributed by atoms with Crippen molar-refractivity contribution in [1.82, 2.24) is 20.4 Å². The Bertz CT molecular complexity index is 660. The lowest BCUT2D eigenvalue weighted by atomic mass is 9.89. The molecule has 2 bridgehead atoms. The van der Waals surface area contributed by atoms with Gasteiger partial charge in [-0.15, -0.1) is 0 Å². The predicted molar refractivity (Wildman–Crippen MR) is 109 cm³/mol. The maximum Gasteiger partial charge on any atom is 0.234 e. The van der Waals surface area contributed by atoms with Crippen LogP contribution in [0.2, 0.25) is 0 Å². The summed E-state index contributed by atoms with van der Waals surface area (Å²) in [4.78, 5) is 29.0. The molecular weight excluding hydrogens is 352 g/mol. The maximum atomic E-state index is 12.7. The fourth-order valence-corrected chi connectivity index (χ4v) is 4.93. The Kier molecular flexibility index (Phi) is 6.27. The Balaban J connectivity index is 1.15. The molecular formula is C22H32N4O2.